The molecule has 1 aromatic carbocycles. The van der Waals surface area contributed by atoms with Crippen LogP contribution < -0.4 is 5.32 Å². The van der Waals surface area contributed by atoms with Crippen molar-refractivity contribution in [2.75, 3.05) is 0 Å². The Balaban J connectivity index is 1.67. The van der Waals surface area contributed by atoms with Crippen LogP contribution in [-0.4, -0.2) is 14.8 Å². The lowest BCUT2D eigenvalue weighted by atomic mass is 10.1. The van der Waals surface area contributed by atoms with E-state index >= 15 is 0 Å². The lowest BCUT2D eigenvalue weighted by Crippen LogP contribution is -2.13. The van der Waals surface area contributed by atoms with Gasteiger partial charge in [0.15, 0.2) is 0 Å². The van der Waals surface area contributed by atoms with E-state index in [1.807, 2.05) is 18.7 Å². The van der Waals surface area contributed by atoms with E-state index in [0.29, 0.717) is 0 Å². The molecule has 0 aliphatic rings. The van der Waals surface area contributed by atoms with Crippen molar-refractivity contribution >= 4 is 10.9 Å². The maximum absolute atomic E-state index is 4.54. The van der Waals surface area contributed by atoms with E-state index < -0.39 is 0 Å². The number of hydrogen-bond donors (Lipinski definition) is 1. The van der Waals surface area contributed by atoms with Crippen LogP contribution in [0, 0.1) is 6.92 Å². The highest BCUT2D eigenvalue weighted by Gasteiger charge is 2.05. The molecule has 0 unspecified atom stereocenters. The minimum absolute atomic E-state index is 0.848. The maximum atomic E-state index is 4.54. The molecule has 0 saturated carbocycles. The average Bonchev–Trinajstić information content (AvgIpc) is 2.87. The molecule has 4 heteroatoms. The second-order valence-corrected chi connectivity index (χ2v) is 5.71. The van der Waals surface area contributed by atoms with Crippen molar-refractivity contribution in [3.8, 4) is 0 Å². The van der Waals surface area contributed by atoms with E-state index in [1.165, 1.54) is 22.2 Å². The monoisotopic (exact) mass is 294 g/mol. The van der Waals surface area contributed by atoms with Crippen molar-refractivity contribution in [3.63, 3.8) is 0 Å². The summed E-state index contributed by atoms with van der Waals surface area (Å²) in [6.45, 7) is 5.86. The molecule has 4 nitrogen and oxygen atoms in total. The summed E-state index contributed by atoms with van der Waals surface area (Å²) in [5.41, 5.74) is 5.85. The third-order valence-corrected chi connectivity index (χ3v) is 3.86. The van der Waals surface area contributed by atoms with E-state index in [2.05, 4.69) is 58.9 Å². The highest BCUT2D eigenvalue weighted by atomic mass is 15.3. The summed E-state index contributed by atoms with van der Waals surface area (Å²) >= 11 is 0. The fourth-order valence-electron chi connectivity index (χ4n) is 2.76. The number of benzene rings is 1. The molecule has 22 heavy (non-hydrogen) atoms. The molecule has 0 atom stereocenters. The molecule has 0 aliphatic carbocycles. The van der Waals surface area contributed by atoms with Crippen LogP contribution in [0.25, 0.3) is 10.9 Å². The zero-order valence-corrected chi connectivity index (χ0v) is 13.4. The van der Waals surface area contributed by atoms with Gasteiger partial charge in [-0.2, -0.15) is 5.10 Å². The molecule has 0 bridgehead atoms. The molecule has 0 spiro atoms. The number of nitrogens with one attached hydrogen (secondary N) is 1. The van der Waals surface area contributed by atoms with Gasteiger partial charge in [0.1, 0.15) is 0 Å². The van der Waals surface area contributed by atoms with E-state index in [1.54, 1.807) is 0 Å². The van der Waals surface area contributed by atoms with Crippen molar-refractivity contribution in [1.82, 2.24) is 20.1 Å². The summed E-state index contributed by atoms with van der Waals surface area (Å²) in [7, 11) is 1.97. The summed E-state index contributed by atoms with van der Waals surface area (Å²) in [6.07, 6.45) is 3.07. The summed E-state index contributed by atoms with van der Waals surface area (Å²) < 4.78 is 1.89. The third-order valence-electron chi connectivity index (χ3n) is 3.86. The average molecular weight is 294 g/mol. The SMILES string of the molecule is CCc1nn(C)cc1CNCc1ccc2nc(C)ccc2c1. The Hall–Kier alpha value is -2.20. The van der Waals surface area contributed by atoms with Gasteiger partial charge in [-0.3, -0.25) is 9.67 Å². The van der Waals surface area contributed by atoms with E-state index in [0.717, 1.165) is 30.7 Å². The van der Waals surface area contributed by atoms with Gasteiger partial charge >= 0.3 is 0 Å². The first-order valence-corrected chi connectivity index (χ1v) is 7.74. The highest BCUT2D eigenvalue weighted by Crippen LogP contribution is 2.15. The minimum atomic E-state index is 0.848. The third kappa shape index (κ3) is 3.17. The van der Waals surface area contributed by atoms with Crippen molar-refractivity contribution in [1.29, 1.82) is 0 Å². The van der Waals surface area contributed by atoms with Crippen LogP contribution in [0.1, 0.15) is 29.4 Å². The number of hydrogen-bond acceptors (Lipinski definition) is 3. The molecule has 0 amide bonds. The first-order chi connectivity index (χ1) is 10.7. The molecular weight excluding hydrogens is 272 g/mol. The van der Waals surface area contributed by atoms with Crippen molar-refractivity contribution in [2.45, 2.75) is 33.4 Å². The van der Waals surface area contributed by atoms with Gasteiger partial charge in [0.05, 0.1) is 11.2 Å². The standard InChI is InChI=1S/C18H22N4/c1-4-17-16(12-22(3)21-17)11-19-10-14-6-8-18-15(9-14)7-5-13(2)20-18/h5-9,12,19H,4,10-11H2,1-3H3. The second-order valence-electron chi connectivity index (χ2n) is 5.71. The lowest BCUT2D eigenvalue weighted by molar-refractivity contribution is 0.688. The van der Waals surface area contributed by atoms with Crippen molar-refractivity contribution in [2.24, 2.45) is 7.05 Å². The predicted molar refractivity (Wildman–Crippen MR) is 89.6 cm³/mol. The molecule has 1 N–H and O–H groups in total. The summed E-state index contributed by atoms with van der Waals surface area (Å²) in [5, 5.41) is 9.18. The van der Waals surface area contributed by atoms with E-state index in [9.17, 15) is 0 Å². The largest absolute Gasteiger partial charge is 0.308 e. The van der Waals surface area contributed by atoms with Gasteiger partial charge in [0.2, 0.25) is 0 Å². The Morgan fingerprint density at radius 3 is 2.82 bits per heavy atom. The minimum Gasteiger partial charge on any atom is -0.308 e. The van der Waals surface area contributed by atoms with Crippen LogP contribution in [0.2, 0.25) is 0 Å². The van der Waals surface area contributed by atoms with Crippen molar-refractivity contribution in [3.05, 3.63) is 59.0 Å². The number of aromatic nitrogens is 3. The molecule has 0 fully saturated rings. The molecular formula is C18H22N4. The van der Waals surface area contributed by atoms with Crippen LogP contribution in [0.5, 0.6) is 0 Å². The number of rotatable bonds is 5. The quantitative estimate of drug-likeness (QED) is 0.786. The van der Waals surface area contributed by atoms with Crippen LogP contribution in [-0.2, 0) is 26.6 Å². The highest BCUT2D eigenvalue weighted by molar-refractivity contribution is 5.79. The zero-order valence-electron chi connectivity index (χ0n) is 13.4. The predicted octanol–water partition coefficient (Wildman–Crippen LogP) is 3.13. The van der Waals surface area contributed by atoms with Gasteiger partial charge in [0.25, 0.3) is 0 Å². The Morgan fingerprint density at radius 1 is 1.14 bits per heavy atom. The van der Waals surface area contributed by atoms with Crippen LogP contribution >= 0.6 is 0 Å². The van der Waals surface area contributed by atoms with Crippen LogP contribution in [0.15, 0.2) is 36.5 Å². The van der Waals surface area contributed by atoms with Crippen molar-refractivity contribution < 1.29 is 0 Å². The molecule has 0 saturated heterocycles. The molecule has 0 radical (unpaired) electrons. The molecule has 114 valence electrons. The van der Waals surface area contributed by atoms with E-state index in [-0.39, 0.29) is 0 Å². The van der Waals surface area contributed by atoms with Gasteiger partial charge in [-0.25, -0.2) is 0 Å². The molecule has 3 aromatic rings. The number of pyridine rings is 1. The molecule has 3 rings (SSSR count). The number of fused-ring (bicyclic) bond motifs is 1. The first-order valence-electron chi connectivity index (χ1n) is 7.74. The lowest BCUT2D eigenvalue weighted by Gasteiger charge is -2.06. The summed E-state index contributed by atoms with van der Waals surface area (Å²) in [4.78, 5) is 4.54. The van der Waals surface area contributed by atoms with Crippen LogP contribution in [0.3, 0.4) is 0 Å². The Labute approximate surface area is 131 Å². The first kappa shape index (κ1) is 14.7. The number of nitrogens with zero attached hydrogens (tertiary/aromatic N) is 3. The second kappa shape index (κ2) is 6.28. The molecule has 2 aromatic heterocycles. The zero-order chi connectivity index (χ0) is 15.5. The maximum Gasteiger partial charge on any atom is 0.0705 e. The fraction of sp³-hybridized carbons (Fsp3) is 0.333. The Kier molecular flexibility index (Phi) is 4.20. The normalized spacial score (nSPS) is 11.2. The Bertz CT molecular complexity index is 789. The molecule has 2 heterocycles. The number of aryl methyl sites for hydroxylation is 3. The summed E-state index contributed by atoms with van der Waals surface area (Å²) in [5.74, 6) is 0. The van der Waals surface area contributed by atoms with Gasteiger partial charge in [-0.05, 0) is 37.1 Å². The van der Waals surface area contributed by atoms with E-state index in [4.69, 9.17) is 0 Å². The summed E-state index contributed by atoms with van der Waals surface area (Å²) in [6, 6.07) is 10.6. The smallest absolute Gasteiger partial charge is 0.0705 e. The van der Waals surface area contributed by atoms with Gasteiger partial charge in [-0.1, -0.05) is 19.1 Å². The molecule has 0 aliphatic heterocycles. The topological polar surface area (TPSA) is 42.7 Å². The van der Waals surface area contributed by atoms with Gasteiger partial charge in [-0.15, -0.1) is 0 Å². The van der Waals surface area contributed by atoms with Gasteiger partial charge in [0, 0.05) is 43.0 Å². The fourth-order valence-corrected chi connectivity index (χ4v) is 2.76. The van der Waals surface area contributed by atoms with Crippen LogP contribution in [0.4, 0.5) is 0 Å². The Morgan fingerprint density at radius 2 is 2.00 bits per heavy atom. The van der Waals surface area contributed by atoms with Gasteiger partial charge < -0.3 is 5.32 Å².